The third kappa shape index (κ3) is 4.15. The summed E-state index contributed by atoms with van der Waals surface area (Å²) in [4.78, 5) is 5.01. The summed E-state index contributed by atoms with van der Waals surface area (Å²) in [5, 5.41) is 7.45. The van der Waals surface area contributed by atoms with Gasteiger partial charge < -0.3 is 4.74 Å². The molecule has 1 aromatic heterocycles. The van der Waals surface area contributed by atoms with Gasteiger partial charge in [-0.25, -0.2) is 0 Å². The van der Waals surface area contributed by atoms with Crippen LogP contribution in [0.2, 0.25) is 0 Å². The van der Waals surface area contributed by atoms with Crippen LogP contribution in [0.15, 0.2) is 60.8 Å². The van der Waals surface area contributed by atoms with E-state index in [-0.39, 0.29) is 10.8 Å². The first-order valence-electron chi connectivity index (χ1n) is 14.0. The van der Waals surface area contributed by atoms with Crippen molar-refractivity contribution < 1.29 is 4.74 Å². The number of fused-ring (bicyclic) bond motifs is 5. The third-order valence-corrected chi connectivity index (χ3v) is 7.74. The van der Waals surface area contributed by atoms with Crippen molar-refractivity contribution in [3.63, 3.8) is 0 Å². The maximum absolute atomic E-state index is 6.92. The lowest BCUT2D eigenvalue weighted by Gasteiger charge is -2.29. The molecule has 194 valence electrons. The fourth-order valence-electron chi connectivity index (χ4n) is 6.25. The quantitative estimate of drug-likeness (QED) is 0.225. The average Bonchev–Trinajstić information content (AvgIpc) is 2.82. The molecule has 0 amide bonds. The Kier molecular flexibility index (Phi) is 5.61. The molecular weight excluding hydrogens is 462 g/mol. The maximum Gasteiger partial charge on any atom is 0.140 e. The van der Waals surface area contributed by atoms with E-state index in [2.05, 4.69) is 110 Å². The standard InChI is InChI=1S/C36H39NO/c1-21(2)16-22-12-13-25-24(17-22)18-27-33-32-26(14-15-37-33)31-23(10-9-11-29(31)36(6,7)8)19-30(32)38-34(27)28(25)20-35(3,4)5/h9-15,17-19,21H,16,20H2,1-8H3. The number of ether oxygens (including phenoxy) is 1. The van der Waals surface area contributed by atoms with Gasteiger partial charge in [0.2, 0.25) is 0 Å². The molecule has 0 atom stereocenters. The third-order valence-electron chi connectivity index (χ3n) is 7.74. The first kappa shape index (κ1) is 24.9. The van der Waals surface area contributed by atoms with Crippen molar-refractivity contribution >= 4 is 32.3 Å². The Hall–Kier alpha value is -3.39. The van der Waals surface area contributed by atoms with E-state index in [4.69, 9.17) is 9.72 Å². The van der Waals surface area contributed by atoms with Gasteiger partial charge in [-0.15, -0.1) is 0 Å². The Morgan fingerprint density at radius 2 is 1.61 bits per heavy atom. The molecule has 0 bridgehead atoms. The second kappa shape index (κ2) is 8.56. The average molecular weight is 502 g/mol. The van der Waals surface area contributed by atoms with E-state index in [1.54, 1.807) is 0 Å². The lowest BCUT2D eigenvalue weighted by atomic mass is 9.81. The largest absolute Gasteiger partial charge is 0.456 e. The number of hydrogen-bond acceptors (Lipinski definition) is 2. The van der Waals surface area contributed by atoms with Gasteiger partial charge >= 0.3 is 0 Å². The number of hydrogen-bond donors (Lipinski definition) is 0. The van der Waals surface area contributed by atoms with Gasteiger partial charge in [-0.2, -0.15) is 0 Å². The first-order valence-corrected chi connectivity index (χ1v) is 14.0. The molecule has 0 saturated heterocycles. The molecule has 0 unspecified atom stereocenters. The van der Waals surface area contributed by atoms with Gasteiger partial charge in [0, 0.05) is 17.3 Å². The van der Waals surface area contributed by atoms with E-state index in [9.17, 15) is 0 Å². The maximum atomic E-state index is 6.92. The van der Waals surface area contributed by atoms with Gasteiger partial charge in [-0.1, -0.05) is 91.8 Å². The summed E-state index contributed by atoms with van der Waals surface area (Å²) in [6, 6.07) is 20.4. The molecule has 2 heterocycles. The molecule has 0 fully saturated rings. The van der Waals surface area contributed by atoms with E-state index in [0.29, 0.717) is 5.92 Å². The minimum atomic E-state index is 0.0309. The highest BCUT2D eigenvalue weighted by Gasteiger charge is 2.29. The first-order chi connectivity index (χ1) is 17.9. The molecule has 5 aromatic rings. The Morgan fingerprint density at radius 3 is 2.32 bits per heavy atom. The van der Waals surface area contributed by atoms with Gasteiger partial charge in [-0.3, -0.25) is 4.98 Å². The van der Waals surface area contributed by atoms with Crippen molar-refractivity contribution in [1.82, 2.24) is 4.98 Å². The van der Waals surface area contributed by atoms with Crippen molar-refractivity contribution in [2.24, 2.45) is 11.3 Å². The van der Waals surface area contributed by atoms with E-state index in [1.165, 1.54) is 43.6 Å². The molecule has 0 spiro atoms. The van der Waals surface area contributed by atoms with Crippen molar-refractivity contribution in [1.29, 1.82) is 0 Å². The van der Waals surface area contributed by atoms with Crippen molar-refractivity contribution in [2.45, 2.75) is 73.6 Å². The molecule has 0 radical (unpaired) electrons. The fraction of sp³-hybridized carbons (Fsp3) is 0.361. The van der Waals surface area contributed by atoms with E-state index < -0.39 is 0 Å². The number of rotatable bonds is 3. The van der Waals surface area contributed by atoms with Crippen LogP contribution in [0.25, 0.3) is 43.6 Å². The highest BCUT2D eigenvalue weighted by Crippen LogP contribution is 2.52. The second-order valence-electron chi connectivity index (χ2n) is 13.8. The number of nitrogens with zero attached hydrogens (tertiary/aromatic N) is 1. The van der Waals surface area contributed by atoms with Crippen LogP contribution >= 0.6 is 0 Å². The van der Waals surface area contributed by atoms with Gasteiger partial charge in [0.05, 0.1) is 11.1 Å². The summed E-state index contributed by atoms with van der Waals surface area (Å²) in [7, 11) is 0. The molecule has 2 heteroatoms. The van der Waals surface area contributed by atoms with Crippen LogP contribution in [0, 0.1) is 11.3 Å². The van der Waals surface area contributed by atoms with Crippen LogP contribution in [0.1, 0.15) is 72.1 Å². The molecule has 0 N–H and O–H groups in total. The number of benzene rings is 4. The van der Waals surface area contributed by atoms with Gasteiger partial charge in [-0.05, 0) is 85.8 Å². The van der Waals surface area contributed by atoms with E-state index in [1.807, 2.05) is 6.20 Å². The van der Waals surface area contributed by atoms with Crippen LogP contribution < -0.4 is 4.74 Å². The van der Waals surface area contributed by atoms with Gasteiger partial charge in [0.1, 0.15) is 11.5 Å². The molecule has 1 aliphatic rings. The molecule has 0 saturated carbocycles. The van der Waals surface area contributed by atoms with Gasteiger partial charge in [0.25, 0.3) is 0 Å². The topological polar surface area (TPSA) is 22.1 Å². The minimum Gasteiger partial charge on any atom is -0.456 e. The monoisotopic (exact) mass is 501 g/mol. The lowest BCUT2D eigenvalue weighted by Crippen LogP contribution is -2.13. The van der Waals surface area contributed by atoms with Crippen LogP contribution in [0.5, 0.6) is 11.5 Å². The predicted octanol–water partition coefficient (Wildman–Crippen LogP) is 10.4. The second-order valence-corrected chi connectivity index (χ2v) is 13.8. The summed E-state index contributed by atoms with van der Waals surface area (Å²) in [5.41, 5.74) is 6.33. The summed E-state index contributed by atoms with van der Waals surface area (Å²) in [6.07, 6.45) is 4.00. The Labute approximate surface area is 227 Å². The van der Waals surface area contributed by atoms with E-state index >= 15 is 0 Å². The summed E-state index contributed by atoms with van der Waals surface area (Å²) in [6.45, 7) is 18.4. The minimum absolute atomic E-state index is 0.0309. The van der Waals surface area contributed by atoms with Crippen LogP contribution in [-0.4, -0.2) is 4.98 Å². The predicted molar refractivity (Wildman–Crippen MR) is 163 cm³/mol. The molecule has 2 nitrogen and oxygen atoms in total. The molecule has 0 aliphatic carbocycles. The molecule has 1 aliphatic heterocycles. The Balaban J connectivity index is 1.70. The fourth-order valence-corrected chi connectivity index (χ4v) is 6.25. The lowest BCUT2D eigenvalue weighted by molar-refractivity contribution is 0.400. The Bertz CT molecular complexity index is 1730. The molecule has 4 aromatic carbocycles. The zero-order chi connectivity index (χ0) is 27.0. The molecule has 6 rings (SSSR count). The van der Waals surface area contributed by atoms with Gasteiger partial charge in [0.15, 0.2) is 0 Å². The van der Waals surface area contributed by atoms with Crippen LogP contribution in [0.4, 0.5) is 0 Å². The number of pyridine rings is 1. The highest BCUT2D eigenvalue weighted by atomic mass is 16.5. The van der Waals surface area contributed by atoms with Crippen molar-refractivity contribution in [3.8, 4) is 22.8 Å². The van der Waals surface area contributed by atoms with Crippen molar-refractivity contribution in [2.75, 3.05) is 0 Å². The van der Waals surface area contributed by atoms with Crippen LogP contribution in [-0.2, 0) is 18.3 Å². The smallest absolute Gasteiger partial charge is 0.140 e. The molecule has 38 heavy (non-hydrogen) atoms. The zero-order valence-corrected chi connectivity index (χ0v) is 24.1. The zero-order valence-electron chi connectivity index (χ0n) is 24.1. The highest BCUT2D eigenvalue weighted by molar-refractivity contribution is 6.17. The summed E-state index contributed by atoms with van der Waals surface area (Å²) in [5.74, 6) is 2.51. The summed E-state index contributed by atoms with van der Waals surface area (Å²) < 4.78 is 6.92. The Morgan fingerprint density at radius 1 is 0.816 bits per heavy atom. The summed E-state index contributed by atoms with van der Waals surface area (Å²) >= 11 is 0. The SMILES string of the molecule is CC(C)Cc1ccc2c(CC(C)(C)C)c3c(cc2c1)-c1nccc2c1c(cc1cccc(C(C)(C)C)c12)O3. The van der Waals surface area contributed by atoms with Crippen LogP contribution in [0.3, 0.4) is 0 Å². The normalized spacial score (nSPS) is 13.4. The van der Waals surface area contributed by atoms with E-state index in [0.717, 1.165) is 41.0 Å². The molecular formula is C36H39NO. The van der Waals surface area contributed by atoms with Crippen molar-refractivity contribution in [3.05, 3.63) is 77.5 Å². The number of aromatic nitrogens is 1.